The minimum atomic E-state index is -0.470. The zero-order valence-electron chi connectivity index (χ0n) is 11.6. The highest BCUT2D eigenvalue weighted by molar-refractivity contribution is 5.67. The average Bonchev–Trinajstić information content (AvgIpc) is 2.24. The van der Waals surface area contributed by atoms with Gasteiger partial charge in [0.1, 0.15) is 5.60 Å². The van der Waals surface area contributed by atoms with Crippen LogP contribution in [0.5, 0.6) is 0 Å². The lowest BCUT2D eigenvalue weighted by Gasteiger charge is -2.21. The van der Waals surface area contributed by atoms with Gasteiger partial charge in [-0.25, -0.2) is 4.79 Å². The number of ether oxygens (including phenoxy) is 1. The third kappa shape index (κ3) is 9.94. The number of terminal acetylenes is 1. The molecule has 0 spiro atoms. The molecule has 0 aromatic carbocycles. The number of amides is 1. The highest BCUT2D eigenvalue weighted by atomic mass is 16.6. The van der Waals surface area contributed by atoms with E-state index in [0.29, 0.717) is 19.5 Å². The predicted octanol–water partition coefficient (Wildman–Crippen LogP) is 0.841. The molecule has 0 radical (unpaired) electrons. The topological polar surface area (TPSA) is 76.4 Å². The van der Waals surface area contributed by atoms with Crippen LogP contribution in [0.4, 0.5) is 4.79 Å². The van der Waals surface area contributed by atoms with Crippen molar-refractivity contribution in [3.05, 3.63) is 0 Å². The maximum absolute atomic E-state index is 11.4. The third-order valence-corrected chi connectivity index (χ3v) is 2.15. The molecular weight excluding hydrogens is 230 g/mol. The van der Waals surface area contributed by atoms with Gasteiger partial charge >= 0.3 is 6.09 Å². The molecule has 4 N–H and O–H groups in total. The molecule has 0 aromatic heterocycles. The minimum Gasteiger partial charge on any atom is -0.444 e. The molecule has 0 aliphatic rings. The molecule has 1 atom stereocenters. The predicted molar refractivity (Wildman–Crippen MR) is 73.1 cm³/mol. The zero-order valence-corrected chi connectivity index (χ0v) is 11.6. The summed E-state index contributed by atoms with van der Waals surface area (Å²) in [6.07, 6.45) is 6.19. The summed E-state index contributed by atoms with van der Waals surface area (Å²) in [5.74, 6) is 2.55. The van der Waals surface area contributed by atoms with E-state index in [1.54, 1.807) is 0 Å². The Balaban J connectivity index is 3.73. The lowest BCUT2D eigenvalue weighted by atomic mass is 10.2. The van der Waals surface area contributed by atoms with Gasteiger partial charge in [0, 0.05) is 32.1 Å². The number of carbonyl (C=O) groups is 1. The maximum Gasteiger partial charge on any atom is 0.407 e. The number of hydrogen-bond donors (Lipinski definition) is 3. The van der Waals surface area contributed by atoms with E-state index in [2.05, 4.69) is 16.6 Å². The van der Waals surface area contributed by atoms with Crippen molar-refractivity contribution in [2.24, 2.45) is 5.73 Å². The van der Waals surface area contributed by atoms with Crippen LogP contribution >= 0.6 is 0 Å². The van der Waals surface area contributed by atoms with Crippen molar-refractivity contribution < 1.29 is 9.53 Å². The second-order valence-electron chi connectivity index (χ2n) is 5.06. The van der Waals surface area contributed by atoms with Crippen molar-refractivity contribution in [1.29, 1.82) is 0 Å². The van der Waals surface area contributed by atoms with Gasteiger partial charge in [-0.05, 0) is 27.2 Å². The Labute approximate surface area is 110 Å². The standard InChI is InChI=1S/C13H25N3O2/c1-5-6-8-15-11(10-14)7-9-16-12(17)18-13(2,3)4/h1,11,15H,6-10,14H2,2-4H3,(H,16,17). The van der Waals surface area contributed by atoms with Crippen molar-refractivity contribution in [3.8, 4) is 12.3 Å². The van der Waals surface area contributed by atoms with Gasteiger partial charge in [0.05, 0.1) is 0 Å². The molecule has 0 saturated heterocycles. The van der Waals surface area contributed by atoms with Gasteiger partial charge in [-0.1, -0.05) is 0 Å². The molecule has 0 aliphatic carbocycles. The average molecular weight is 255 g/mol. The smallest absolute Gasteiger partial charge is 0.407 e. The Morgan fingerprint density at radius 1 is 1.44 bits per heavy atom. The summed E-state index contributed by atoms with van der Waals surface area (Å²) in [4.78, 5) is 11.4. The van der Waals surface area contributed by atoms with Crippen LogP contribution in [0.25, 0.3) is 0 Å². The Bertz CT molecular complexity index is 279. The first-order valence-corrected chi connectivity index (χ1v) is 6.23. The molecule has 0 aromatic rings. The second-order valence-corrected chi connectivity index (χ2v) is 5.06. The molecule has 1 unspecified atom stereocenters. The van der Waals surface area contributed by atoms with Crippen molar-refractivity contribution in [2.75, 3.05) is 19.6 Å². The van der Waals surface area contributed by atoms with Crippen LogP contribution in [0.2, 0.25) is 0 Å². The molecule has 104 valence electrons. The molecule has 18 heavy (non-hydrogen) atoms. The van der Waals surface area contributed by atoms with Gasteiger partial charge in [-0.3, -0.25) is 0 Å². The zero-order chi connectivity index (χ0) is 14.0. The second kappa shape index (κ2) is 8.78. The summed E-state index contributed by atoms with van der Waals surface area (Å²) in [6.45, 7) is 7.27. The number of alkyl carbamates (subject to hydrolysis) is 1. The molecular formula is C13H25N3O2. The molecule has 0 bridgehead atoms. The van der Waals surface area contributed by atoms with E-state index in [4.69, 9.17) is 16.9 Å². The van der Waals surface area contributed by atoms with Crippen LogP contribution in [0.1, 0.15) is 33.6 Å². The van der Waals surface area contributed by atoms with Crippen LogP contribution in [0.3, 0.4) is 0 Å². The van der Waals surface area contributed by atoms with E-state index in [0.717, 1.165) is 13.0 Å². The number of nitrogens with two attached hydrogens (primary N) is 1. The fourth-order valence-corrected chi connectivity index (χ4v) is 1.31. The molecule has 0 saturated carbocycles. The number of rotatable bonds is 7. The van der Waals surface area contributed by atoms with Crippen LogP contribution in [0, 0.1) is 12.3 Å². The van der Waals surface area contributed by atoms with E-state index in [1.165, 1.54) is 0 Å². The van der Waals surface area contributed by atoms with Crippen LogP contribution in [0.15, 0.2) is 0 Å². The fraction of sp³-hybridized carbons (Fsp3) is 0.769. The quantitative estimate of drug-likeness (QED) is 0.465. The third-order valence-electron chi connectivity index (χ3n) is 2.15. The maximum atomic E-state index is 11.4. The van der Waals surface area contributed by atoms with Gasteiger partial charge in [0.25, 0.3) is 0 Å². The summed E-state index contributed by atoms with van der Waals surface area (Å²) in [7, 11) is 0. The lowest BCUT2D eigenvalue weighted by molar-refractivity contribution is 0.0526. The van der Waals surface area contributed by atoms with Crippen molar-refractivity contribution in [2.45, 2.75) is 45.3 Å². The van der Waals surface area contributed by atoms with Crippen LogP contribution in [-0.4, -0.2) is 37.4 Å². The monoisotopic (exact) mass is 255 g/mol. The normalized spacial score (nSPS) is 12.6. The first kappa shape index (κ1) is 16.8. The van der Waals surface area contributed by atoms with Gasteiger partial charge in [-0.15, -0.1) is 12.3 Å². The Hall–Kier alpha value is -1.25. The molecule has 5 heteroatoms. The molecule has 0 heterocycles. The molecule has 0 rings (SSSR count). The van der Waals surface area contributed by atoms with E-state index < -0.39 is 11.7 Å². The molecule has 5 nitrogen and oxygen atoms in total. The first-order chi connectivity index (χ1) is 8.39. The lowest BCUT2D eigenvalue weighted by Crippen LogP contribution is -2.40. The van der Waals surface area contributed by atoms with E-state index >= 15 is 0 Å². The van der Waals surface area contributed by atoms with E-state index in [-0.39, 0.29) is 6.04 Å². The van der Waals surface area contributed by atoms with Crippen LogP contribution in [-0.2, 0) is 4.74 Å². The van der Waals surface area contributed by atoms with Crippen molar-refractivity contribution in [1.82, 2.24) is 10.6 Å². The van der Waals surface area contributed by atoms with Gasteiger partial charge < -0.3 is 21.1 Å². The van der Waals surface area contributed by atoms with E-state index in [1.807, 2.05) is 20.8 Å². The minimum absolute atomic E-state index is 0.160. The highest BCUT2D eigenvalue weighted by Gasteiger charge is 2.15. The Morgan fingerprint density at radius 3 is 2.61 bits per heavy atom. The number of nitrogens with one attached hydrogen (secondary N) is 2. The van der Waals surface area contributed by atoms with Gasteiger partial charge in [-0.2, -0.15) is 0 Å². The van der Waals surface area contributed by atoms with Crippen molar-refractivity contribution in [3.63, 3.8) is 0 Å². The Kier molecular flexibility index (Phi) is 8.17. The summed E-state index contributed by atoms with van der Waals surface area (Å²) >= 11 is 0. The van der Waals surface area contributed by atoms with E-state index in [9.17, 15) is 4.79 Å². The van der Waals surface area contributed by atoms with Crippen LogP contribution < -0.4 is 16.4 Å². The molecule has 0 fully saturated rings. The first-order valence-electron chi connectivity index (χ1n) is 6.23. The summed E-state index contributed by atoms with van der Waals surface area (Å²) in [5, 5.41) is 5.93. The number of hydrogen-bond acceptors (Lipinski definition) is 4. The summed E-state index contributed by atoms with van der Waals surface area (Å²) in [6, 6.07) is 0.160. The van der Waals surface area contributed by atoms with Gasteiger partial charge in [0.2, 0.25) is 0 Å². The molecule has 0 aliphatic heterocycles. The largest absolute Gasteiger partial charge is 0.444 e. The number of carbonyl (C=O) groups excluding carboxylic acids is 1. The molecule has 1 amide bonds. The highest BCUT2D eigenvalue weighted by Crippen LogP contribution is 2.06. The van der Waals surface area contributed by atoms with Gasteiger partial charge in [0.15, 0.2) is 0 Å². The van der Waals surface area contributed by atoms with Crippen molar-refractivity contribution >= 4 is 6.09 Å². The fourth-order valence-electron chi connectivity index (χ4n) is 1.31. The Morgan fingerprint density at radius 2 is 2.11 bits per heavy atom. The SMILES string of the molecule is C#CCCNC(CN)CCNC(=O)OC(C)(C)C. The summed E-state index contributed by atoms with van der Waals surface area (Å²) in [5.41, 5.74) is 5.15. The summed E-state index contributed by atoms with van der Waals surface area (Å²) < 4.78 is 5.12.